The van der Waals surface area contributed by atoms with Gasteiger partial charge in [-0.2, -0.15) is 0 Å². The number of carbonyl (C=O) groups is 1. The van der Waals surface area contributed by atoms with Crippen LogP contribution in [-0.4, -0.2) is 12.5 Å². The van der Waals surface area contributed by atoms with Crippen LogP contribution in [0.15, 0.2) is 36.4 Å². The molecule has 110 valence electrons. The number of hydrogen-bond donors (Lipinski definition) is 1. The van der Waals surface area contributed by atoms with Gasteiger partial charge in [-0.25, -0.2) is 0 Å². The minimum Gasteiger partial charge on any atom is -0.351 e. The molecule has 1 heterocycles. The fourth-order valence-electron chi connectivity index (χ4n) is 2.80. The molecule has 2 aromatic rings. The molecule has 1 aliphatic carbocycles. The van der Waals surface area contributed by atoms with Gasteiger partial charge in [0.2, 0.25) is 0 Å². The monoisotopic (exact) mass is 339 g/mol. The van der Waals surface area contributed by atoms with Gasteiger partial charge in [-0.1, -0.05) is 60.0 Å². The molecule has 5 heteroatoms. The van der Waals surface area contributed by atoms with E-state index in [0.29, 0.717) is 20.8 Å². The summed E-state index contributed by atoms with van der Waals surface area (Å²) >= 11 is 13.1. The minimum absolute atomic E-state index is 0.0726. The lowest BCUT2D eigenvalue weighted by Crippen LogP contribution is -2.45. The van der Waals surface area contributed by atoms with Gasteiger partial charge >= 0.3 is 0 Å². The van der Waals surface area contributed by atoms with Crippen molar-refractivity contribution < 1.29 is 4.79 Å². The fraction of sp³-hybridized carbons (Fsp3) is 0.312. The number of hydrogen-bond acceptors (Lipinski definition) is 2. The molecular weight excluding hydrogens is 325 g/mol. The molecule has 1 aliphatic rings. The van der Waals surface area contributed by atoms with Gasteiger partial charge in [-0.3, -0.25) is 4.79 Å². The van der Waals surface area contributed by atoms with E-state index in [1.165, 1.54) is 23.3 Å². The van der Waals surface area contributed by atoms with Gasteiger partial charge in [0, 0.05) is 12.0 Å². The third-order valence-corrected chi connectivity index (χ3v) is 5.67. The zero-order valence-electron chi connectivity index (χ0n) is 11.4. The van der Waals surface area contributed by atoms with E-state index in [4.69, 9.17) is 23.2 Å². The number of halogens is 2. The van der Waals surface area contributed by atoms with Crippen molar-refractivity contribution in [3.05, 3.63) is 56.2 Å². The lowest BCUT2D eigenvalue weighted by atomic mass is 9.64. The molecule has 0 radical (unpaired) electrons. The van der Waals surface area contributed by atoms with Gasteiger partial charge < -0.3 is 5.32 Å². The van der Waals surface area contributed by atoms with Crippen molar-refractivity contribution in [3.8, 4) is 0 Å². The fourth-order valence-corrected chi connectivity index (χ4v) is 4.26. The number of amides is 1. The quantitative estimate of drug-likeness (QED) is 0.842. The summed E-state index contributed by atoms with van der Waals surface area (Å²) in [6, 6.07) is 12.0. The van der Waals surface area contributed by atoms with Crippen molar-refractivity contribution in [2.45, 2.75) is 24.7 Å². The lowest BCUT2D eigenvalue weighted by Gasteiger charge is -2.42. The molecule has 0 unspecified atom stereocenters. The van der Waals surface area contributed by atoms with Crippen LogP contribution in [0.4, 0.5) is 0 Å². The predicted molar refractivity (Wildman–Crippen MR) is 88.6 cm³/mol. The maximum atomic E-state index is 12.2. The van der Waals surface area contributed by atoms with E-state index in [1.54, 1.807) is 6.07 Å². The van der Waals surface area contributed by atoms with E-state index in [9.17, 15) is 4.79 Å². The normalized spacial score (nSPS) is 16.3. The van der Waals surface area contributed by atoms with E-state index in [1.807, 2.05) is 18.2 Å². The van der Waals surface area contributed by atoms with Gasteiger partial charge in [-0.15, -0.1) is 11.3 Å². The Kier molecular flexibility index (Phi) is 4.25. The Morgan fingerprint density at radius 2 is 1.95 bits per heavy atom. The summed E-state index contributed by atoms with van der Waals surface area (Å²) in [7, 11) is 0. The Morgan fingerprint density at radius 1 is 1.24 bits per heavy atom. The average molecular weight is 340 g/mol. The third kappa shape index (κ3) is 2.96. The smallest absolute Gasteiger partial charge is 0.253 e. The summed E-state index contributed by atoms with van der Waals surface area (Å²) in [6.07, 6.45) is 3.42. The Bertz CT molecular complexity index is 650. The molecule has 0 atom stereocenters. The third-order valence-electron chi connectivity index (χ3n) is 4.19. The van der Waals surface area contributed by atoms with Crippen LogP contribution < -0.4 is 5.32 Å². The second-order valence-electron chi connectivity index (χ2n) is 5.42. The molecule has 0 saturated heterocycles. The number of thiophene rings is 1. The van der Waals surface area contributed by atoms with E-state index in [2.05, 4.69) is 17.4 Å². The molecule has 0 aliphatic heterocycles. The van der Waals surface area contributed by atoms with Crippen LogP contribution in [0, 0.1) is 0 Å². The summed E-state index contributed by atoms with van der Waals surface area (Å²) in [5.74, 6) is -0.148. The molecule has 1 saturated carbocycles. The second kappa shape index (κ2) is 5.99. The summed E-state index contributed by atoms with van der Waals surface area (Å²) in [6.45, 7) is 0.639. The zero-order chi connectivity index (χ0) is 14.9. The van der Waals surface area contributed by atoms with Crippen LogP contribution in [0.2, 0.25) is 8.67 Å². The summed E-state index contributed by atoms with van der Waals surface area (Å²) in [5, 5.41) is 3.02. The first-order valence-corrected chi connectivity index (χ1v) is 8.47. The van der Waals surface area contributed by atoms with Crippen LogP contribution >= 0.6 is 34.5 Å². The van der Waals surface area contributed by atoms with Gasteiger partial charge in [0.15, 0.2) is 0 Å². The van der Waals surface area contributed by atoms with E-state index < -0.39 is 0 Å². The SMILES string of the molecule is O=C(NCC1(c2ccccc2)CCC1)c1cc(Cl)sc1Cl. The molecule has 1 fully saturated rings. The van der Waals surface area contributed by atoms with Crippen LogP contribution in [0.25, 0.3) is 0 Å². The molecule has 1 amide bonds. The highest BCUT2D eigenvalue weighted by atomic mass is 35.5. The highest BCUT2D eigenvalue weighted by molar-refractivity contribution is 7.20. The van der Waals surface area contributed by atoms with Gasteiger partial charge in [0.25, 0.3) is 5.91 Å². The Balaban J connectivity index is 1.72. The van der Waals surface area contributed by atoms with Crippen LogP contribution in [0.1, 0.15) is 35.2 Å². The van der Waals surface area contributed by atoms with Crippen LogP contribution in [0.3, 0.4) is 0 Å². The second-order valence-corrected chi connectivity index (χ2v) is 7.71. The minimum atomic E-state index is -0.148. The van der Waals surface area contributed by atoms with Crippen molar-refractivity contribution in [1.29, 1.82) is 0 Å². The molecule has 0 bridgehead atoms. The molecular formula is C16H15Cl2NOS. The Hall–Kier alpha value is -1.03. The van der Waals surface area contributed by atoms with Crippen molar-refractivity contribution in [2.75, 3.05) is 6.54 Å². The van der Waals surface area contributed by atoms with Crippen LogP contribution in [0.5, 0.6) is 0 Å². The van der Waals surface area contributed by atoms with Crippen molar-refractivity contribution >= 4 is 40.4 Å². The summed E-state index contributed by atoms with van der Waals surface area (Å²) in [4.78, 5) is 12.2. The molecule has 1 N–H and O–H groups in total. The zero-order valence-corrected chi connectivity index (χ0v) is 13.7. The first-order valence-electron chi connectivity index (χ1n) is 6.89. The molecule has 1 aromatic heterocycles. The number of nitrogens with one attached hydrogen (secondary N) is 1. The number of carbonyl (C=O) groups excluding carboxylic acids is 1. The molecule has 0 spiro atoms. The largest absolute Gasteiger partial charge is 0.351 e. The van der Waals surface area contributed by atoms with Gasteiger partial charge in [-0.05, 0) is 24.5 Å². The van der Waals surface area contributed by atoms with Gasteiger partial charge in [0.05, 0.1) is 9.90 Å². The summed E-state index contributed by atoms with van der Waals surface area (Å²) in [5.41, 5.74) is 1.84. The maximum Gasteiger partial charge on any atom is 0.253 e. The highest BCUT2D eigenvalue weighted by Gasteiger charge is 2.38. The van der Waals surface area contributed by atoms with Crippen molar-refractivity contribution in [3.63, 3.8) is 0 Å². The standard InChI is InChI=1S/C16H15Cl2NOS/c17-13-9-12(14(18)21-13)15(20)19-10-16(7-4-8-16)11-5-2-1-3-6-11/h1-3,5-6,9H,4,7-8,10H2,(H,19,20). The highest BCUT2D eigenvalue weighted by Crippen LogP contribution is 2.43. The van der Waals surface area contributed by atoms with E-state index in [-0.39, 0.29) is 11.3 Å². The lowest BCUT2D eigenvalue weighted by molar-refractivity contribution is 0.0928. The predicted octanol–water partition coefficient (Wildman–Crippen LogP) is 4.91. The number of rotatable bonds is 4. The van der Waals surface area contributed by atoms with E-state index >= 15 is 0 Å². The Labute approximate surface area is 138 Å². The first kappa shape index (κ1) is 14.9. The Morgan fingerprint density at radius 3 is 2.48 bits per heavy atom. The van der Waals surface area contributed by atoms with Crippen molar-refractivity contribution in [2.24, 2.45) is 0 Å². The molecule has 3 rings (SSSR count). The van der Waals surface area contributed by atoms with E-state index in [0.717, 1.165) is 12.8 Å². The molecule has 1 aromatic carbocycles. The van der Waals surface area contributed by atoms with Gasteiger partial charge in [0.1, 0.15) is 4.34 Å². The first-order chi connectivity index (χ1) is 10.1. The summed E-state index contributed by atoms with van der Waals surface area (Å²) < 4.78 is 0.978. The topological polar surface area (TPSA) is 29.1 Å². The average Bonchev–Trinajstić information content (AvgIpc) is 2.77. The number of benzene rings is 1. The van der Waals surface area contributed by atoms with Crippen molar-refractivity contribution in [1.82, 2.24) is 5.32 Å². The maximum absolute atomic E-state index is 12.2. The van der Waals surface area contributed by atoms with Crippen LogP contribution in [-0.2, 0) is 5.41 Å². The molecule has 21 heavy (non-hydrogen) atoms. The molecule has 2 nitrogen and oxygen atoms in total.